The van der Waals surface area contributed by atoms with Crippen molar-refractivity contribution in [3.05, 3.63) is 22.2 Å². The van der Waals surface area contributed by atoms with Crippen molar-refractivity contribution < 1.29 is 0 Å². The third-order valence-electron chi connectivity index (χ3n) is 2.53. The highest BCUT2D eigenvalue weighted by molar-refractivity contribution is 5.34. The normalized spacial score (nSPS) is 13.1. The molecule has 0 aliphatic carbocycles. The maximum atomic E-state index is 11.5. The van der Waals surface area contributed by atoms with E-state index in [1.165, 1.54) is 6.07 Å². The number of H-pyrrole nitrogens is 1. The number of aromatic amines is 1. The van der Waals surface area contributed by atoms with E-state index in [2.05, 4.69) is 36.1 Å². The van der Waals surface area contributed by atoms with Gasteiger partial charge in [0, 0.05) is 18.0 Å². The van der Waals surface area contributed by atoms with Crippen molar-refractivity contribution in [2.45, 2.75) is 53.0 Å². The van der Waals surface area contributed by atoms with Crippen molar-refractivity contribution in [2.24, 2.45) is 5.92 Å². The van der Waals surface area contributed by atoms with Gasteiger partial charge in [-0.3, -0.25) is 4.79 Å². The Morgan fingerprint density at radius 3 is 2.47 bits per heavy atom. The summed E-state index contributed by atoms with van der Waals surface area (Å²) >= 11 is 0. The highest BCUT2D eigenvalue weighted by atomic mass is 16.1. The summed E-state index contributed by atoms with van der Waals surface area (Å²) in [6.45, 7) is 10.5. The molecule has 1 unspecified atom stereocenters. The van der Waals surface area contributed by atoms with E-state index < -0.39 is 0 Å². The summed E-state index contributed by atoms with van der Waals surface area (Å²) < 4.78 is 0. The van der Waals surface area contributed by atoms with E-state index in [9.17, 15) is 4.79 Å². The van der Waals surface area contributed by atoms with Gasteiger partial charge in [-0.15, -0.1) is 0 Å². The number of nitrogens with zero attached hydrogens (tertiary/aromatic N) is 1. The van der Waals surface area contributed by atoms with Crippen molar-refractivity contribution in [3.63, 3.8) is 0 Å². The number of hydrogen-bond acceptors (Lipinski definition) is 3. The summed E-state index contributed by atoms with van der Waals surface area (Å²) in [6.07, 6.45) is 1.06. The van der Waals surface area contributed by atoms with Crippen LogP contribution in [0.25, 0.3) is 0 Å². The predicted molar refractivity (Wildman–Crippen MR) is 71.5 cm³/mol. The molecule has 1 heterocycles. The number of anilines is 1. The van der Waals surface area contributed by atoms with Crippen LogP contribution in [-0.2, 0) is 0 Å². The number of nitrogens with one attached hydrogen (secondary N) is 2. The topological polar surface area (TPSA) is 57.8 Å². The zero-order valence-electron chi connectivity index (χ0n) is 11.4. The standard InChI is InChI=1S/C13H23N3O/c1-8(2)6-10(5)14-11-7-12(17)16-13(15-11)9(3)4/h7-10H,6H2,1-5H3,(H2,14,15,16,17). The van der Waals surface area contributed by atoms with E-state index >= 15 is 0 Å². The minimum Gasteiger partial charge on any atom is -0.367 e. The highest BCUT2D eigenvalue weighted by Gasteiger charge is 2.08. The van der Waals surface area contributed by atoms with Crippen LogP contribution in [0.5, 0.6) is 0 Å². The Kier molecular flexibility index (Phi) is 4.73. The number of aromatic nitrogens is 2. The smallest absolute Gasteiger partial charge is 0.252 e. The summed E-state index contributed by atoms with van der Waals surface area (Å²) in [6, 6.07) is 1.84. The van der Waals surface area contributed by atoms with E-state index in [1.807, 2.05) is 13.8 Å². The molecule has 0 saturated carbocycles. The van der Waals surface area contributed by atoms with Crippen LogP contribution in [-0.4, -0.2) is 16.0 Å². The predicted octanol–water partition coefficient (Wildman–Crippen LogP) is 2.74. The first-order chi connectivity index (χ1) is 7.88. The van der Waals surface area contributed by atoms with Crippen LogP contribution in [0.4, 0.5) is 5.82 Å². The molecular formula is C13H23N3O. The number of rotatable bonds is 5. The summed E-state index contributed by atoms with van der Waals surface area (Å²) in [5, 5.41) is 3.28. The molecule has 0 aliphatic rings. The maximum Gasteiger partial charge on any atom is 0.252 e. The lowest BCUT2D eigenvalue weighted by molar-refractivity contribution is 0.538. The van der Waals surface area contributed by atoms with Gasteiger partial charge < -0.3 is 10.3 Å². The average molecular weight is 237 g/mol. The minimum absolute atomic E-state index is 0.0945. The summed E-state index contributed by atoms with van der Waals surface area (Å²) in [5.41, 5.74) is -0.0945. The van der Waals surface area contributed by atoms with Gasteiger partial charge in [-0.05, 0) is 19.3 Å². The zero-order valence-corrected chi connectivity index (χ0v) is 11.4. The van der Waals surface area contributed by atoms with Crippen LogP contribution in [0, 0.1) is 5.92 Å². The first-order valence-electron chi connectivity index (χ1n) is 6.26. The van der Waals surface area contributed by atoms with Crippen LogP contribution < -0.4 is 10.9 Å². The molecule has 0 fully saturated rings. The third-order valence-corrected chi connectivity index (χ3v) is 2.53. The van der Waals surface area contributed by atoms with Gasteiger partial charge in [-0.25, -0.2) is 4.98 Å². The van der Waals surface area contributed by atoms with Gasteiger partial charge in [0.25, 0.3) is 5.56 Å². The minimum atomic E-state index is -0.0945. The fourth-order valence-electron chi connectivity index (χ4n) is 1.84. The van der Waals surface area contributed by atoms with Gasteiger partial charge in [0.2, 0.25) is 0 Å². The molecular weight excluding hydrogens is 214 g/mol. The molecule has 0 radical (unpaired) electrons. The van der Waals surface area contributed by atoms with E-state index in [-0.39, 0.29) is 11.5 Å². The monoisotopic (exact) mass is 237 g/mol. The van der Waals surface area contributed by atoms with Crippen molar-refractivity contribution >= 4 is 5.82 Å². The second kappa shape index (κ2) is 5.84. The third kappa shape index (κ3) is 4.59. The molecule has 0 bridgehead atoms. The maximum absolute atomic E-state index is 11.5. The van der Waals surface area contributed by atoms with Crippen LogP contribution in [0.2, 0.25) is 0 Å². The van der Waals surface area contributed by atoms with E-state index in [1.54, 1.807) is 0 Å². The van der Waals surface area contributed by atoms with Gasteiger partial charge in [0.1, 0.15) is 11.6 Å². The zero-order chi connectivity index (χ0) is 13.0. The van der Waals surface area contributed by atoms with Gasteiger partial charge in [0.15, 0.2) is 0 Å². The molecule has 0 spiro atoms. The Balaban J connectivity index is 2.80. The first kappa shape index (κ1) is 13.7. The molecule has 1 aromatic rings. The van der Waals surface area contributed by atoms with E-state index in [4.69, 9.17) is 0 Å². The summed E-state index contributed by atoms with van der Waals surface area (Å²) in [4.78, 5) is 18.7. The molecule has 1 atom stereocenters. The summed E-state index contributed by atoms with van der Waals surface area (Å²) in [5.74, 6) is 2.26. The quantitative estimate of drug-likeness (QED) is 0.828. The second-order valence-corrected chi connectivity index (χ2v) is 5.35. The van der Waals surface area contributed by atoms with E-state index in [0.29, 0.717) is 17.8 Å². The molecule has 2 N–H and O–H groups in total. The van der Waals surface area contributed by atoms with Gasteiger partial charge in [0.05, 0.1) is 0 Å². The van der Waals surface area contributed by atoms with Crippen LogP contribution in [0.1, 0.15) is 52.8 Å². The summed E-state index contributed by atoms with van der Waals surface area (Å²) in [7, 11) is 0. The van der Waals surface area contributed by atoms with Gasteiger partial charge >= 0.3 is 0 Å². The second-order valence-electron chi connectivity index (χ2n) is 5.35. The molecule has 0 aliphatic heterocycles. The van der Waals surface area contributed by atoms with E-state index in [0.717, 1.165) is 12.2 Å². The molecule has 96 valence electrons. The lowest BCUT2D eigenvalue weighted by atomic mass is 10.1. The Morgan fingerprint density at radius 1 is 1.29 bits per heavy atom. The lowest BCUT2D eigenvalue weighted by Gasteiger charge is -2.17. The van der Waals surface area contributed by atoms with Crippen molar-refractivity contribution in [1.29, 1.82) is 0 Å². The fourth-order valence-corrected chi connectivity index (χ4v) is 1.84. The number of hydrogen-bond donors (Lipinski definition) is 2. The molecule has 0 saturated heterocycles. The molecule has 1 rings (SSSR count). The fraction of sp³-hybridized carbons (Fsp3) is 0.692. The van der Waals surface area contributed by atoms with Crippen molar-refractivity contribution in [3.8, 4) is 0 Å². The van der Waals surface area contributed by atoms with Gasteiger partial charge in [-0.1, -0.05) is 27.7 Å². The van der Waals surface area contributed by atoms with Crippen LogP contribution >= 0.6 is 0 Å². The highest BCUT2D eigenvalue weighted by Crippen LogP contribution is 2.12. The van der Waals surface area contributed by atoms with Crippen LogP contribution in [0.3, 0.4) is 0 Å². The van der Waals surface area contributed by atoms with Crippen molar-refractivity contribution in [1.82, 2.24) is 9.97 Å². The lowest BCUT2D eigenvalue weighted by Crippen LogP contribution is -2.21. The molecule has 0 aromatic carbocycles. The first-order valence-corrected chi connectivity index (χ1v) is 6.26. The Labute approximate surface area is 103 Å². The SMILES string of the molecule is CC(C)CC(C)Nc1cc(=O)[nH]c(C(C)C)n1. The largest absolute Gasteiger partial charge is 0.367 e. The average Bonchev–Trinajstić information content (AvgIpc) is 2.14. The van der Waals surface area contributed by atoms with Crippen LogP contribution in [0.15, 0.2) is 10.9 Å². The Hall–Kier alpha value is -1.32. The Morgan fingerprint density at radius 2 is 1.94 bits per heavy atom. The Bertz CT molecular complexity index is 409. The molecule has 4 heteroatoms. The van der Waals surface area contributed by atoms with Crippen molar-refractivity contribution in [2.75, 3.05) is 5.32 Å². The molecule has 4 nitrogen and oxygen atoms in total. The van der Waals surface area contributed by atoms with Gasteiger partial charge in [-0.2, -0.15) is 0 Å². The molecule has 17 heavy (non-hydrogen) atoms. The molecule has 0 amide bonds. The molecule has 1 aromatic heterocycles.